The van der Waals surface area contributed by atoms with Crippen LogP contribution in [0.5, 0.6) is 17.2 Å². The zero-order valence-electron chi connectivity index (χ0n) is 18.4. The van der Waals surface area contributed by atoms with Crippen molar-refractivity contribution in [3.63, 3.8) is 0 Å². The van der Waals surface area contributed by atoms with Gasteiger partial charge in [-0.1, -0.05) is 18.2 Å². The molecule has 170 valence electrons. The van der Waals surface area contributed by atoms with E-state index in [0.717, 1.165) is 66.6 Å². The lowest BCUT2D eigenvalue weighted by atomic mass is 10.0. The van der Waals surface area contributed by atoms with Gasteiger partial charge in [0.15, 0.2) is 0 Å². The molecule has 0 aliphatic carbocycles. The first-order valence-electron chi connectivity index (χ1n) is 11.3. The van der Waals surface area contributed by atoms with E-state index >= 15 is 0 Å². The van der Waals surface area contributed by atoms with Crippen LogP contribution in [0.2, 0.25) is 0 Å². The Bertz CT molecular complexity index is 1140. The van der Waals surface area contributed by atoms with Gasteiger partial charge >= 0.3 is 0 Å². The summed E-state index contributed by atoms with van der Waals surface area (Å²) < 4.78 is 25.4. The van der Waals surface area contributed by atoms with Crippen molar-refractivity contribution in [2.75, 3.05) is 50.8 Å². The summed E-state index contributed by atoms with van der Waals surface area (Å²) in [5, 5.41) is 9.48. The summed E-state index contributed by atoms with van der Waals surface area (Å²) in [6.45, 7) is 5.55. The minimum Gasteiger partial charge on any atom is -0.508 e. The van der Waals surface area contributed by atoms with Gasteiger partial charge in [-0.05, 0) is 59.7 Å². The van der Waals surface area contributed by atoms with Gasteiger partial charge in [-0.2, -0.15) is 0 Å². The first-order chi connectivity index (χ1) is 16.1. The van der Waals surface area contributed by atoms with Crippen LogP contribution in [0.3, 0.4) is 0 Å². The number of aromatic hydroxyl groups is 1. The highest BCUT2D eigenvalue weighted by Crippen LogP contribution is 2.33. The molecule has 3 aromatic rings. The van der Waals surface area contributed by atoms with Gasteiger partial charge in [0.05, 0.1) is 0 Å². The quantitative estimate of drug-likeness (QED) is 0.597. The molecule has 0 atom stereocenters. The molecule has 0 unspecified atom stereocenters. The SMILES string of the molecule is Oc1ccc(C2=Cc3ccc(OCCN4CCN(c5cccc(F)c5)CC4)cc3OC2)cc1. The van der Waals surface area contributed by atoms with Crippen LogP contribution in [0.4, 0.5) is 10.1 Å². The van der Waals surface area contributed by atoms with E-state index < -0.39 is 0 Å². The Morgan fingerprint density at radius 3 is 2.55 bits per heavy atom. The number of hydrogen-bond acceptors (Lipinski definition) is 5. The van der Waals surface area contributed by atoms with Crippen molar-refractivity contribution in [2.45, 2.75) is 0 Å². The van der Waals surface area contributed by atoms with Gasteiger partial charge in [0.1, 0.15) is 36.3 Å². The van der Waals surface area contributed by atoms with Gasteiger partial charge in [0.25, 0.3) is 0 Å². The Labute approximate surface area is 193 Å². The Hall–Kier alpha value is -3.51. The number of piperazine rings is 1. The summed E-state index contributed by atoms with van der Waals surface area (Å²) in [4.78, 5) is 4.60. The fraction of sp³-hybridized carbons (Fsp3) is 0.259. The number of fused-ring (bicyclic) bond motifs is 1. The normalized spacial score (nSPS) is 16.0. The van der Waals surface area contributed by atoms with Crippen molar-refractivity contribution < 1.29 is 19.0 Å². The first-order valence-corrected chi connectivity index (χ1v) is 11.3. The minimum atomic E-state index is -0.190. The predicted octanol–water partition coefficient (Wildman–Crippen LogP) is 4.67. The topological polar surface area (TPSA) is 45.2 Å². The van der Waals surface area contributed by atoms with Crippen LogP contribution in [0.1, 0.15) is 11.1 Å². The Kier molecular flexibility index (Phi) is 6.17. The summed E-state index contributed by atoms with van der Waals surface area (Å²) in [7, 11) is 0. The second kappa shape index (κ2) is 9.55. The van der Waals surface area contributed by atoms with E-state index in [4.69, 9.17) is 9.47 Å². The molecule has 5 rings (SSSR count). The van der Waals surface area contributed by atoms with Crippen molar-refractivity contribution in [3.05, 3.63) is 83.7 Å². The maximum absolute atomic E-state index is 13.5. The summed E-state index contributed by atoms with van der Waals surface area (Å²) in [5.41, 5.74) is 4.08. The Morgan fingerprint density at radius 1 is 0.939 bits per heavy atom. The van der Waals surface area contributed by atoms with Crippen LogP contribution in [-0.4, -0.2) is 55.9 Å². The second-order valence-corrected chi connectivity index (χ2v) is 8.36. The lowest BCUT2D eigenvalue weighted by Crippen LogP contribution is -2.47. The fourth-order valence-electron chi connectivity index (χ4n) is 4.27. The molecule has 1 N–H and O–H groups in total. The molecule has 2 heterocycles. The molecular weight excluding hydrogens is 419 g/mol. The van der Waals surface area contributed by atoms with E-state index in [2.05, 4.69) is 15.9 Å². The van der Waals surface area contributed by atoms with Crippen LogP contribution < -0.4 is 14.4 Å². The number of phenols is 1. The maximum atomic E-state index is 13.5. The van der Waals surface area contributed by atoms with Crippen LogP contribution in [0.25, 0.3) is 11.6 Å². The molecular formula is C27H27FN2O3. The third kappa shape index (κ3) is 5.12. The number of nitrogens with zero attached hydrogens (tertiary/aromatic N) is 2. The van der Waals surface area contributed by atoms with E-state index in [1.165, 1.54) is 6.07 Å². The van der Waals surface area contributed by atoms with Gasteiger partial charge in [0.2, 0.25) is 0 Å². The molecule has 0 saturated carbocycles. The molecule has 2 aliphatic rings. The molecule has 0 radical (unpaired) electrons. The van der Waals surface area contributed by atoms with E-state index in [1.54, 1.807) is 24.3 Å². The number of halogens is 1. The molecule has 3 aromatic carbocycles. The van der Waals surface area contributed by atoms with Crippen molar-refractivity contribution >= 4 is 17.3 Å². The highest BCUT2D eigenvalue weighted by atomic mass is 19.1. The number of benzene rings is 3. The maximum Gasteiger partial charge on any atom is 0.130 e. The molecule has 0 bridgehead atoms. The summed E-state index contributed by atoms with van der Waals surface area (Å²) in [6, 6.07) is 19.9. The van der Waals surface area contributed by atoms with Crippen LogP contribution in [0.15, 0.2) is 66.7 Å². The van der Waals surface area contributed by atoms with Gasteiger partial charge in [-0.15, -0.1) is 0 Å². The number of phenolic OH excluding ortho intramolecular Hbond substituents is 1. The number of rotatable bonds is 6. The highest BCUT2D eigenvalue weighted by Gasteiger charge is 2.18. The van der Waals surface area contributed by atoms with Gasteiger partial charge in [-0.25, -0.2) is 4.39 Å². The Morgan fingerprint density at radius 2 is 1.76 bits per heavy atom. The first kappa shape index (κ1) is 21.3. The molecule has 33 heavy (non-hydrogen) atoms. The average molecular weight is 447 g/mol. The van der Waals surface area contributed by atoms with Gasteiger partial charge < -0.3 is 19.5 Å². The third-order valence-electron chi connectivity index (χ3n) is 6.16. The smallest absolute Gasteiger partial charge is 0.130 e. The molecule has 0 spiro atoms. The molecule has 1 saturated heterocycles. The van der Waals surface area contributed by atoms with Crippen LogP contribution in [0, 0.1) is 5.82 Å². The van der Waals surface area contributed by atoms with Crippen molar-refractivity contribution in [3.8, 4) is 17.2 Å². The predicted molar refractivity (Wildman–Crippen MR) is 128 cm³/mol. The second-order valence-electron chi connectivity index (χ2n) is 8.36. The lowest BCUT2D eigenvalue weighted by molar-refractivity contribution is 0.200. The molecule has 5 nitrogen and oxygen atoms in total. The zero-order chi connectivity index (χ0) is 22.6. The summed E-state index contributed by atoms with van der Waals surface area (Å²) in [6.07, 6.45) is 2.12. The molecule has 6 heteroatoms. The molecule has 1 fully saturated rings. The van der Waals surface area contributed by atoms with Crippen molar-refractivity contribution in [2.24, 2.45) is 0 Å². The lowest BCUT2D eigenvalue weighted by Gasteiger charge is -2.36. The van der Waals surface area contributed by atoms with Gasteiger partial charge in [0, 0.05) is 50.0 Å². The van der Waals surface area contributed by atoms with E-state index in [1.807, 2.05) is 36.4 Å². The molecule has 0 aromatic heterocycles. The average Bonchev–Trinajstić information content (AvgIpc) is 2.85. The van der Waals surface area contributed by atoms with Crippen molar-refractivity contribution in [1.29, 1.82) is 0 Å². The van der Waals surface area contributed by atoms with E-state index in [-0.39, 0.29) is 11.6 Å². The number of ether oxygens (including phenoxy) is 2. The largest absolute Gasteiger partial charge is 0.508 e. The minimum absolute atomic E-state index is 0.190. The van der Waals surface area contributed by atoms with Gasteiger partial charge in [-0.3, -0.25) is 4.90 Å². The summed E-state index contributed by atoms with van der Waals surface area (Å²) in [5.74, 6) is 1.68. The standard InChI is InChI=1S/C27H27FN2O3/c28-23-2-1-3-24(17-23)30-12-10-29(11-13-30)14-15-32-26-9-6-21-16-22(19-33-27(21)18-26)20-4-7-25(31)8-5-20/h1-9,16-18,31H,10-15,19H2. The number of anilines is 1. The molecule has 0 amide bonds. The fourth-order valence-corrected chi connectivity index (χ4v) is 4.27. The Balaban J connectivity index is 1.12. The van der Waals surface area contributed by atoms with E-state index in [0.29, 0.717) is 13.2 Å². The van der Waals surface area contributed by atoms with E-state index in [9.17, 15) is 9.50 Å². The summed E-state index contributed by atoms with van der Waals surface area (Å²) >= 11 is 0. The monoisotopic (exact) mass is 446 g/mol. The zero-order valence-corrected chi connectivity index (χ0v) is 18.4. The van der Waals surface area contributed by atoms with Crippen LogP contribution in [-0.2, 0) is 0 Å². The van der Waals surface area contributed by atoms with Crippen molar-refractivity contribution in [1.82, 2.24) is 4.90 Å². The third-order valence-corrected chi connectivity index (χ3v) is 6.16. The van der Waals surface area contributed by atoms with Crippen LogP contribution >= 0.6 is 0 Å². The highest BCUT2D eigenvalue weighted by molar-refractivity contribution is 5.85. The molecule has 2 aliphatic heterocycles. The number of hydrogen-bond donors (Lipinski definition) is 1.